The van der Waals surface area contributed by atoms with Crippen molar-refractivity contribution in [3.63, 3.8) is 0 Å². The molecule has 0 radical (unpaired) electrons. The number of nitrogens with zero attached hydrogens (tertiary/aromatic N) is 2. The number of thiazole rings is 1. The van der Waals surface area contributed by atoms with E-state index in [0.29, 0.717) is 6.42 Å². The number of benzene rings is 1. The van der Waals surface area contributed by atoms with E-state index in [2.05, 4.69) is 17.1 Å². The van der Waals surface area contributed by atoms with Crippen molar-refractivity contribution >= 4 is 17.2 Å². The average molecular weight is 372 g/mol. The summed E-state index contributed by atoms with van der Waals surface area (Å²) in [6, 6.07) is 6.28. The van der Waals surface area contributed by atoms with E-state index in [1.807, 2.05) is 23.3 Å². The maximum Gasteiger partial charge on any atom is 0.228 e. The number of amides is 1. The van der Waals surface area contributed by atoms with E-state index in [0.717, 1.165) is 55.4 Å². The molecule has 0 N–H and O–H groups in total. The number of carbonyl (C=O) groups excluding carboxylic acids is 1. The largest absolute Gasteiger partial charge is 0.497 e. The average Bonchev–Trinajstić information content (AvgIpc) is 3.07. The number of piperidine rings is 1. The van der Waals surface area contributed by atoms with Gasteiger partial charge in [-0.25, -0.2) is 4.98 Å². The third kappa shape index (κ3) is 3.23. The highest BCUT2D eigenvalue weighted by molar-refractivity contribution is 7.09. The van der Waals surface area contributed by atoms with E-state index in [1.54, 1.807) is 18.4 Å². The first-order valence-corrected chi connectivity index (χ1v) is 9.98. The Morgan fingerprint density at radius 2 is 2.19 bits per heavy atom. The van der Waals surface area contributed by atoms with Gasteiger partial charge in [-0.1, -0.05) is 6.07 Å². The molecule has 1 aromatic carbocycles. The molecule has 0 unspecified atom stereocenters. The molecule has 1 aromatic heterocycles. The van der Waals surface area contributed by atoms with Gasteiger partial charge >= 0.3 is 0 Å². The molecule has 0 bridgehead atoms. The lowest BCUT2D eigenvalue weighted by atomic mass is 9.79. The number of ether oxygens (including phenoxy) is 2. The fourth-order valence-electron chi connectivity index (χ4n) is 4.07. The van der Waals surface area contributed by atoms with Crippen molar-refractivity contribution in [3.05, 3.63) is 45.4 Å². The fourth-order valence-corrected chi connectivity index (χ4v) is 4.68. The molecule has 1 spiro atoms. The number of aryl methyl sites for hydroxylation is 1. The minimum Gasteiger partial charge on any atom is -0.497 e. The molecule has 2 aromatic rings. The summed E-state index contributed by atoms with van der Waals surface area (Å²) in [5.74, 6) is 1.06. The zero-order valence-electron chi connectivity index (χ0n) is 15.3. The monoisotopic (exact) mass is 372 g/mol. The molecule has 1 saturated heterocycles. The number of carbonyl (C=O) groups is 1. The van der Waals surface area contributed by atoms with Crippen LogP contribution in [0.2, 0.25) is 0 Å². The van der Waals surface area contributed by atoms with Crippen LogP contribution in [0.5, 0.6) is 5.75 Å². The Morgan fingerprint density at radius 1 is 1.38 bits per heavy atom. The van der Waals surface area contributed by atoms with Gasteiger partial charge in [-0.2, -0.15) is 0 Å². The van der Waals surface area contributed by atoms with Gasteiger partial charge < -0.3 is 14.4 Å². The summed E-state index contributed by atoms with van der Waals surface area (Å²) in [6.45, 7) is 4.16. The van der Waals surface area contributed by atoms with E-state index in [-0.39, 0.29) is 11.5 Å². The smallest absolute Gasteiger partial charge is 0.228 e. The molecule has 3 heterocycles. The summed E-state index contributed by atoms with van der Waals surface area (Å²) >= 11 is 1.59. The third-order valence-electron chi connectivity index (χ3n) is 5.48. The molecule has 4 rings (SSSR count). The number of hydrogen-bond acceptors (Lipinski definition) is 5. The van der Waals surface area contributed by atoms with Crippen LogP contribution in [-0.4, -0.2) is 42.6 Å². The van der Waals surface area contributed by atoms with E-state index < -0.39 is 0 Å². The van der Waals surface area contributed by atoms with Gasteiger partial charge in [0.25, 0.3) is 0 Å². The van der Waals surface area contributed by atoms with Crippen LogP contribution >= 0.6 is 11.3 Å². The molecule has 26 heavy (non-hydrogen) atoms. The number of methoxy groups -OCH3 is 1. The second-order valence-corrected chi connectivity index (χ2v) is 8.09. The summed E-state index contributed by atoms with van der Waals surface area (Å²) in [5.41, 5.74) is 3.21. The minimum absolute atomic E-state index is 0.163. The van der Waals surface area contributed by atoms with Crippen LogP contribution < -0.4 is 4.74 Å². The van der Waals surface area contributed by atoms with Gasteiger partial charge in [0.15, 0.2) is 0 Å². The number of hydrogen-bond donors (Lipinski definition) is 0. The van der Waals surface area contributed by atoms with Crippen LogP contribution in [0.25, 0.3) is 0 Å². The molecule has 0 aliphatic carbocycles. The molecule has 5 nitrogen and oxygen atoms in total. The fraction of sp³-hybridized carbons (Fsp3) is 0.500. The second kappa shape index (κ2) is 7.00. The minimum atomic E-state index is -0.256. The van der Waals surface area contributed by atoms with Gasteiger partial charge in [0.1, 0.15) is 5.75 Å². The highest BCUT2D eigenvalue weighted by Gasteiger charge is 2.41. The Bertz CT molecular complexity index is 809. The Hall–Kier alpha value is -1.92. The van der Waals surface area contributed by atoms with Crippen molar-refractivity contribution in [3.8, 4) is 5.75 Å². The van der Waals surface area contributed by atoms with Gasteiger partial charge in [-0.3, -0.25) is 4.79 Å². The van der Waals surface area contributed by atoms with Crippen LogP contribution in [0.3, 0.4) is 0 Å². The standard InChI is InChI=1S/C20H24N2O3S/c1-14-21-16(13-26-14)12-19(23)22-8-6-20(7-9-22)18-4-3-17(24-2)11-15(18)5-10-25-20/h3-4,11,13H,5-10,12H2,1-2H3. The summed E-state index contributed by atoms with van der Waals surface area (Å²) in [6.07, 6.45) is 2.99. The predicted octanol–water partition coefficient (Wildman–Crippen LogP) is 3.09. The third-order valence-corrected chi connectivity index (χ3v) is 6.30. The lowest BCUT2D eigenvalue weighted by Crippen LogP contribution is -2.48. The molecule has 1 fully saturated rings. The van der Waals surface area contributed by atoms with Gasteiger partial charge in [0.05, 0.1) is 36.4 Å². The highest BCUT2D eigenvalue weighted by Crippen LogP contribution is 2.42. The first-order valence-electron chi connectivity index (χ1n) is 9.10. The van der Waals surface area contributed by atoms with Crippen molar-refractivity contribution in [1.82, 2.24) is 9.88 Å². The molecule has 138 valence electrons. The van der Waals surface area contributed by atoms with Crippen LogP contribution in [0.15, 0.2) is 23.6 Å². The maximum absolute atomic E-state index is 12.6. The van der Waals surface area contributed by atoms with Crippen molar-refractivity contribution in [2.45, 2.75) is 38.2 Å². The van der Waals surface area contributed by atoms with Gasteiger partial charge in [-0.15, -0.1) is 11.3 Å². The van der Waals surface area contributed by atoms with E-state index in [9.17, 15) is 4.79 Å². The molecule has 2 aliphatic heterocycles. The SMILES string of the molecule is COc1ccc2c(c1)CCOC21CCN(C(=O)Cc2csc(C)n2)CC1. The summed E-state index contributed by atoms with van der Waals surface area (Å²) in [4.78, 5) is 19.0. The normalized spacial score (nSPS) is 18.6. The lowest BCUT2D eigenvalue weighted by Gasteiger charge is -2.45. The van der Waals surface area contributed by atoms with Crippen molar-refractivity contribution in [1.29, 1.82) is 0 Å². The molecule has 1 amide bonds. The summed E-state index contributed by atoms with van der Waals surface area (Å²) in [7, 11) is 1.70. The Kier molecular flexibility index (Phi) is 4.71. The van der Waals surface area contributed by atoms with Crippen molar-refractivity contribution < 1.29 is 14.3 Å². The Balaban J connectivity index is 1.46. The molecule has 0 atom stereocenters. The first-order chi connectivity index (χ1) is 12.6. The highest BCUT2D eigenvalue weighted by atomic mass is 32.1. The predicted molar refractivity (Wildman–Crippen MR) is 101 cm³/mol. The zero-order valence-corrected chi connectivity index (χ0v) is 16.1. The number of aromatic nitrogens is 1. The summed E-state index contributed by atoms with van der Waals surface area (Å²) in [5, 5.41) is 2.99. The van der Waals surface area contributed by atoms with E-state index >= 15 is 0 Å². The Labute approximate surface area is 157 Å². The second-order valence-electron chi connectivity index (χ2n) is 7.03. The molecule has 2 aliphatic rings. The van der Waals surface area contributed by atoms with Crippen molar-refractivity contribution in [2.75, 3.05) is 26.8 Å². The van der Waals surface area contributed by atoms with E-state index in [1.165, 1.54) is 11.1 Å². The van der Waals surface area contributed by atoms with Gasteiger partial charge in [0.2, 0.25) is 5.91 Å². The first kappa shape index (κ1) is 17.5. The van der Waals surface area contributed by atoms with Crippen molar-refractivity contribution in [2.24, 2.45) is 0 Å². The quantitative estimate of drug-likeness (QED) is 0.831. The summed E-state index contributed by atoms with van der Waals surface area (Å²) < 4.78 is 11.6. The van der Waals surface area contributed by atoms with Gasteiger partial charge in [-0.05, 0) is 49.4 Å². The van der Waals surface area contributed by atoms with Crippen LogP contribution in [0, 0.1) is 6.92 Å². The number of rotatable bonds is 3. The van der Waals surface area contributed by atoms with E-state index in [4.69, 9.17) is 9.47 Å². The molecule has 0 saturated carbocycles. The zero-order chi connectivity index (χ0) is 18.1. The number of fused-ring (bicyclic) bond motifs is 2. The lowest BCUT2D eigenvalue weighted by molar-refractivity contribution is -0.140. The molecular formula is C20H24N2O3S. The Morgan fingerprint density at radius 3 is 2.88 bits per heavy atom. The topological polar surface area (TPSA) is 51.7 Å². The van der Waals surface area contributed by atoms with Crippen LogP contribution in [0.1, 0.15) is 34.7 Å². The van der Waals surface area contributed by atoms with Gasteiger partial charge in [0, 0.05) is 18.5 Å². The maximum atomic E-state index is 12.6. The van der Waals surface area contributed by atoms with Crippen LogP contribution in [-0.2, 0) is 28.0 Å². The molecule has 6 heteroatoms. The molecular weight excluding hydrogens is 348 g/mol. The van der Waals surface area contributed by atoms with Crippen LogP contribution in [0.4, 0.5) is 0 Å². The number of likely N-dealkylation sites (tertiary alicyclic amines) is 1.